The maximum Gasteiger partial charge on any atom is 0.321 e. The number of urea groups is 1. The van der Waals surface area contributed by atoms with Crippen LogP contribution in [-0.4, -0.2) is 81.9 Å². The lowest BCUT2D eigenvalue weighted by atomic mass is 10.1. The summed E-state index contributed by atoms with van der Waals surface area (Å²) in [4.78, 5) is 20.9. The Balaban J connectivity index is 1.45. The fourth-order valence-electron chi connectivity index (χ4n) is 3.95. The number of carbonyl (C=O) groups is 1. The maximum atomic E-state index is 12.3. The van der Waals surface area contributed by atoms with Crippen LogP contribution in [0.1, 0.15) is 24.8 Å². The molecule has 8 nitrogen and oxygen atoms in total. The molecule has 1 atom stereocenters. The van der Waals surface area contributed by atoms with Gasteiger partial charge in [0, 0.05) is 58.5 Å². The van der Waals surface area contributed by atoms with Gasteiger partial charge in [0.2, 0.25) is 0 Å². The Bertz CT molecular complexity index is 706. The molecule has 2 saturated heterocycles. The summed E-state index contributed by atoms with van der Waals surface area (Å²) in [5.74, 6) is 1.42. The fraction of sp³-hybridized carbons (Fsp3) is 0.636. The molecule has 2 fully saturated rings. The first-order valence-corrected chi connectivity index (χ1v) is 10.9. The van der Waals surface area contributed by atoms with Crippen molar-refractivity contribution in [2.45, 2.75) is 25.8 Å². The van der Waals surface area contributed by atoms with Crippen LogP contribution in [0, 0.1) is 5.92 Å². The number of hydrogen-bond acceptors (Lipinski definition) is 4. The molecular formula is C22H35N5O3. The Kier molecular flexibility index (Phi) is 8.77. The van der Waals surface area contributed by atoms with Crippen molar-refractivity contribution < 1.29 is 14.3 Å². The van der Waals surface area contributed by atoms with Crippen LogP contribution in [0.15, 0.2) is 29.3 Å². The van der Waals surface area contributed by atoms with Gasteiger partial charge < -0.3 is 29.9 Å². The maximum absolute atomic E-state index is 12.3. The van der Waals surface area contributed by atoms with E-state index in [0.29, 0.717) is 25.7 Å². The molecule has 8 heteroatoms. The number of methoxy groups -OCH3 is 1. The minimum atomic E-state index is -0.00996. The molecule has 3 rings (SSSR count). The zero-order chi connectivity index (χ0) is 21.2. The predicted molar refractivity (Wildman–Crippen MR) is 119 cm³/mol. The van der Waals surface area contributed by atoms with Gasteiger partial charge in [-0.05, 0) is 37.0 Å². The van der Waals surface area contributed by atoms with E-state index >= 15 is 0 Å². The zero-order valence-corrected chi connectivity index (χ0v) is 18.2. The molecule has 166 valence electrons. The molecule has 2 amide bonds. The van der Waals surface area contributed by atoms with Crippen molar-refractivity contribution in [3.05, 3.63) is 29.8 Å². The van der Waals surface area contributed by atoms with E-state index in [1.807, 2.05) is 30.1 Å². The van der Waals surface area contributed by atoms with Crippen LogP contribution in [0.5, 0.6) is 0 Å². The van der Waals surface area contributed by atoms with E-state index in [9.17, 15) is 4.79 Å². The third kappa shape index (κ3) is 6.60. The van der Waals surface area contributed by atoms with Crippen LogP contribution in [0.25, 0.3) is 0 Å². The Hall–Kier alpha value is -2.32. The highest BCUT2D eigenvalue weighted by Gasteiger charge is 2.25. The van der Waals surface area contributed by atoms with Crippen molar-refractivity contribution in [1.82, 2.24) is 15.1 Å². The number of nitrogens with zero attached hydrogens (tertiary/aromatic N) is 3. The highest BCUT2D eigenvalue weighted by molar-refractivity contribution is 5.89. The first-order chi connectivity index (χ1) is 14.7. The molecule has 0 radical (unpaired) electrons. The van der Waals surface area contributed by atoms with E-state index < -0.39 is 0 Å². The highest BCUT2D eigenvalue weighted by atomic mass is 16.5. The van der Waals surface area contributed by atoms with Gasteiger partial charge in [-0.2, -0.15) is 0 Å². The molecule has 2 N–H and O–H groups in total. The lowest BCUT2D eigenvalue weighted by Crippen LogP contribution is -2.39. The minimum absolute atomic E-state index is 0.00996. The monoisotopic (exact) mass is 417 g/mol. The molecule has 0 bridgehead atoms. The van der Waals surface area contributed by atoms with E-state index in [1.54, 1.807) is 7.11 Å². The van der Waals surface area contributed by atoms with Crippen LogP contribution >= 0.6 is 0 Å². The number of amides is 2. The van der Waals surface area contributed by atoms with E-state index in [0.717, 1.165) is 69.3 Å². The second-order valence-corrected chi connectivity index (χ2v) is 7.89. The molecule has 2 heterocycles. The van der Waals surface area contributed by atoms with E-state index in [4.69, 9.17) is 9.47 Å². The number of carbonyl (C=O) groups excluding carboxylic acids is 1. The number of guanidine groups is 1. The van der Waals surface area contributed by atoms with Gasteiger partial charge in [0.05, 0.1) is 19.8 Å². The van der Waals surface area contributed by atoms with Crippen LogP contribution in [0.3, 0.4) is 0 Å². The summed E-state index contributed by atoms with van der Waals surface area (Å²) in [5, 5.41) is 6.46. The van der Waals surface area contributed by atoms with Crippen molar-refractivity contribution in [1.29, 1.82) is 0 Å². The number of rotatable bonds is 8. The molecule has 2 aliphatic heterocycles. The summed E-state index contributed by atoms with van der Waals surface area (Å²) in [7, 11) is 3.50. The normalized spacial score (nSPS) is 19.4. The van der Waals surface area contributed by atoms with Crippen LogP contribution < -0.4 is 10.6 Å². The quantitative estimate of drug-likeness (QED) is 0.386. The number of anilines is 1. The number of hydrogen-bond donors (Lipinski definition) is 2. The molecular weight excluding hydrogens is 382 g/mol. The second-order valence-electron chi connectivity index (χ2n) is 7.89. The fourth-order valence-corrected chi connectivity index (χ4v) is 3.95. The molecule has 1 aromatic rings. The van der Waals surface area contributed by atoms with Crippen molar-refractivity contribution in [3.63, 3.8) is 0 Å². The summed E-state index contributed by atoms with van der Waals surface area (Å²) in [6.07, 6.45) is 3.28. The van der Waals surface area contributed by atoms with E-state index in [-0.39, 0.29) is 6.03 Å². The van der Waals surface area contributed by atoms with Crippen molar-refractivity contribution in [2.75, 3.05) is 65.5 Å². The van der Waals surface area contributed by atoms with Crippen molar-refractivity contribution in [3.8, 4) is 0 Å². The van der Waals surface area contributed by atoms with Gasteiger partial charge in [0.15, 0.2) is 5.96 Å². The Labute approximate surface area is 179 Å². The summed E-state index contributed by atoms with van der Waals surface area (Å²) in [5.41, 5.74) is 1.93. The van der Waals surface area contributed by atoms with Crippen LogP contribution in [-0.2, 0) is 16.0 Å². The Morgan fingerprint density at radius 2 is 2.03 bits per heavy atom. The van der Waals surface area contributed by atoms with Crippen LogP contribution in [0.2, 0.25) is 0 Å². The number of nitrogens with one attached hydrogen (secondary N) is 2. The van der Waals surface area contributed by atoms with E-state index in [2.05, 4.69) is 26.6 Å². The molecule has 0 saturated carbocycles. The van der Waals surface area contributed by atoms with E-state index in [1.165, 1.54) is 0 Å². The third-order valence-corrected chi connectivity index (χ3v) is 5.60. The molecule has 2 aliphatic rings. The van der Waals surface area contributed by atoms with Crippen LogP contribution in [0.4, 0.5) is 10.5 Å². The summed E-state index contributed by atoms with van der Waals surface area (Å²) in [6.45, 7) is 6.31. The van der Waals surface area contributed by atoms with Gasteiger partial charge >= 0.3 is 6.03 Å². The molecule has 1 aromatic carbocycles. The molecule has 0 spiro atoms. The topological polar surface area (TPSA) is 78.4 Å². The molecule has 0 aliphatic carbocycles. The van der Waals surface area contributed by atoms with Gasteiger partial charge in [0.1, 0.15) is 0 Å². The predicted octanol–water partition coefficient (Wildman–Crippen LogP) is 2.37. The standard InChI is InChI=1S/C22H35N5O3/c1-23-21(27-11-8-19(16-27)17-30-13-12-29-2)24-15-18-6-5-7-20(14-18)25-22(28)26-9-3-4-10-26/h5-7,14,19H,3-4,8-13,15-17H2,1-2H3,(H,23,24)(H,25,28). The summed E-state index contributed by atoms with van der Waals surface area (Å²) < 4.78 is 10.7. The lowest BCUT2D eigenvalue weighted by Gasteiger charge is -2.22. The molecule has 30 heavy (non-hydrogen) atoms. The average Bonchev–Trinajstić information content (AvgIpc) is 3.45. The van der Waals surface area contributed by atoms with Gasteiger partial charge in [-0.25, -0.2) is 4.79 Å². The summed E-state index contributed by atoms with van der Waals surface area (Å²) >= 11 is 0. The lowest BCUT2D eigenvalue weighted by molar-refractivity contribution is 0.0536. The van der Waals surface area contributed by atoms with Gasteiger partial charge in [-0.15, -0.1) is 0 Å². The number of likely N-dealkylation sites (tertiary alicyclic amines) is 2. The number of benzene rings is 1. The minimum Gasteiger partial charge on any atom is -0.382 e. The highest BCUT2D eigenvalue weighted by Crippen LogP contribution is 2.17. The first-order valence-electron chi connectivity index (χ1n) is 10.9. The van der Waals surface area contributed by atoms with Crippen molar-refractivity contribution in [2.24, 2.45) is 10.9 Å². The number of aliphatic imine (C=N–C) groups is 1. The van der Waals surface area contributed by atoms with Gasteiger partial charge in [-0.1, -0.05) is 12.1 Å². The average molecular weight is 418 g/mol. The second kappa shape index (κ2) is 11.8. The first kappa shape index (κ1) is 22.4. The molecule has 1 unspecified atom stereocenters. The number of ether oxygens (including phenoxy) is 2. The molecule has 0 aromatic heterocycles. The Morgan fingerprint density at radius 1 is 1.20 bits per heavy atom. The Morgan fingerprint density at radius 3 is 2.80 bits per heavy atom. The summed E-state index contributed by atoms with van der Waals surface area (Å²) in [6, 6.07) is 7.97. The third-order valence-electron chi connectivity index (χ3n) is 5.60. The SMILES string of the molecule is CN=C(NCc1cccc(NC(=O)N2CCCC2)c1)N1CCC(COCCOC)C1. The van der Waals surface area contributed by atoms with Gasteiger partial charge in [0.25, 0.3) is 0 Å². The van der Waals surface area contributed by atoms with Crippen molar-refractivity contribution >= 4 is 17.7 Å². The smallest absolute Gasteiger partial charge is 0.321 e. The van der Waals surface area contributed by atoms with Gasteiger partial charge in [-0.3, -0.25) is 4.99 Å². The largest absolute Gasteiger partial charge is 0.382 e. The zero-order valence-electron chi connectivity index (χ0n) is 18.2.